The molecule has 1 heterocycles. The summed E-state index contributed by atoms with van der Waals surface area (Å²) in [7, 11) is 0. The first-order valence-corrected chi connectivity index (χ1v) is 8.71. The van der Waals surface area contributed by atoms with Crippen molar-refractivity contribution in [2.75, 3.05) is 6.61 Å². The maximum absolute atomic E-state index is 12.7. The maximum Gasteiger partial charge on any atom is 0.160 e. The molecule has 3 nitrogen and oxygen atoms in total. The van der Waals surface area contributed by atoms with Crippen molar-refractivity contribution in [3.05, 3.63) is 41.5 Å². The number of nitrogens with one attached hydrogen (secondary N) is 1. The molecule has 2 N–H and O–H groups in total. The van der Waals surface area contributed by atoms with Gasteiger partial charge in [0, 0.05) is 35.4 Å². The fourth-order valence-corrected chi connectivity index (χ4v) is 3.89. The van der Waals surface area contributed by atoms with Crippen molar-refractivity contribution in [1.29, 1.82) is 0 Å². The molecule has 1 aliphatic heterocycles. The number of benzene rings is 1. The Morgan fingerprint density at radius 1 is 1.26 bits per heavy atom. The van der Waals surface area contributed by atoms with Crippen LogP contribution in [-0.4, -0.2) is 23.0 Å². The molecule has 23 heavy (non-hydrogen) atoms. The number of carbonyl (C=O) groups is 1. The normalized spacial score (nSPS) is 28.0. The Kier molecular flexibility index (Phi) is 4.58. The molecule has 0 amide bonds. The Morgan fingerprint density at radius 3 is 2.65 bits per heavy atom. The van der Waals surface area contributed by atoms with Crippen molar-refractivity contribution >= 4 is 11.5 Å². The fourth-order valence-electron chi connectivity index (χ4n) is 3.89. The molecule has 3 heteroatoms. The summed E-state index contributed by atoms with van der Waals surface area (Å²) in [5, 5.41) is 12.8. The molecule has 3 rings (SSSR count). The van der Waals surface area contributed by atoms with Crippen LogP contribution in [0.1, 0.15) is 50.7 Å². The molecule has 1 fully saturated rings. The van der Waals surface area contributed by atoms with Crippen LogP contribution in [0.3, 0.4) is 0 Å². The zero-order valence-electron chi connectivity index (χ0n) is 14.1. The second-order valence-corrected chi connectivity index (χ2v) is 7.70. The first-order valence-electron chi connectivity index (χ1n) is 8.71. The van der Waals surface area contributed by atoms with Gasteiger partial charge in [-0.25, -0.2) is 0 Å². The monoisotopic (exact) mass is 313 g/mol. The van der Waals surface area contributed by atoms with E-state index in [1.54, 1.807) is 0 Å². The highest BCUT2D eigenvalue weighted by Crippen LogP contribution is 2.32. The lowest BCUT2D eigenvalue weighted by Crippen LogP contribution is -2.44. The Morgan fingerprint density at radius 2 is 1.96 bits per heavy atom. The zero-order chi connectivity index (χ0) is 16.4. The van der Waals surface area contributed by atoms with Gasteiger partial charge in [-0.15, -0.1) is 0 Å². The minimum atomic E-state index is -0.0327. The molecule has 1 aromatic carbocycles. The van der Waals surface area contributed by atoms with Crippen molar-refractivity contribution in [2.45, 2.75) is 51.5 Å². The molecule has 2 aliphatic rings. The van der Waals surface area contributed by atoms with Crippen molar-refractivity contribution < 1.29 is 9.90 Å². The molecule has 0 aromatic heterocycles. The molecule has 0 unspecified atom stereocenters. The lowest BCUT2D eigenvalue weighted by atomic mass is 9.79. The van der Waals surface area contributed by atoms with E-state index in [1.165, 1.54) is 5.56 Å². The highest BCUT2D eigenvalue weighted by molar-refractivity contribution is 5.98. The van der Waals surface area contributed by atoms with Crippen LogP contribution in [0.15, 0.2) is 30.3 Å². The molecule has 1 aromatic rings. The third-order valence-corrected chi connectivity index (χ3v) is 5.21. The molecular formula is C20H27NO2. The van der Waals surface area contributed by atoms with Gasteiger partial charge in [0.15, 0.2) is 5.78 Å². The summed E-state index contributed by atoms with van der Waals surface area (Å²) in [5.74, 6) is 0.736. The Labute approximate surface area is 138 Å². The average Bonchev–Trinajstić information content (AvgIpc) is 2.54. The number of allylic oxidation sites excluding steroid dienone is 1. The Hall–Kier alpha value is -1.61. The van der Waals surface area contributed by atoms with Gasteiger partial charge in [-0.1, -0.05) is 24.3 Å². The van der Waals surface area contributed by atoms with Gasteiger partial charge in [-0.3, -0.25) is 4.79 Å². The molecule has 0 atom stereocenters. The van der Waals surface area contributed by atoms with Gasteiger partial charge in [0.2, 0.25) is 0 Å². The number of ketones is 1. The smallest absolute Gasteiger partial charge is 0.160 e. The predicted molar refractivity (Wildman–Crippen MR) is 92.9 cm³/mol. The third kappa shape index (κ3) is 3.66. The van der Waals surface area contributed by atoms with E-state index in [4.69, 9.17) is 0 Å². The van der Waals surface area contributed by atoms with Gasteiger partial charge in [-0.05, 0) is 57.4 Å². The molecule has 0 bridgehead atoms. The standard InChI is InChI=1S/C20H27NO2/c1-20(2)12-16-5-3-4-6-17(16)18(21-20)11-19(23)15-9-7-14(13-22)8-10-15/h3-6,11,14-15,21-22H,7-10,12-13H2,1-2H3/b18-11-. The predicted octanol–water partition coefficient (Wildman–Crippen LogP) is 3.32. The Bertz CT molecular complexity index is 610. The molecule has 124 valence electrons. The summed E-state index contributed by atoms with van der Waals surface area (Å²) in [6, 6.07) is 8.35. The van der Waals surface area contributed by atoms with Gasteiger partial charge < -0.3 is 10.4 Å². The summed E-state index contributed by atoms with van der Waals surface area (Å²) < 4.78 is 0. The third-order valence-electron chi connectivity index (χ3n) is 5.21. The van der Waals surface area contributed by atoms with E-state index in [1.807, 2.05) is 12.1 Å². The van der Waals surface area contributed by atoms with Gasteiger partial charge in [0.05, 0.1) is 0 Å². The Balaban J connectivity index is 1.80. The molecule has 1 aliphatic carbocycles. The molecule has 0 radical (unpaired) electrons. The van der Waals surface area contributed by atoms with E-state index >= 15 is 0 Å². The fraction of sp³-hybridized carbons (Fsp3) is 0.550. The summed E-state index contributed by atoms with van der Waals surface area (Å²) >= 11 is 0. The number of hydrogen-bond acceptors (Lipinski definition) is 3. The van der Waals surface area contributed by atoms with Crippen LogP contribution < -0.4 is 5.32 Å². The van der Waals surface area contributed by atoms with Crippen LogP contribution in [-0.2, 0) is 11.2 Å². The van der Waals surface area contributed by atoms with Crippen molar-refractivity contribution in [2.24, 2.45) is 11.8 Å². The van der Waals surface area contributed by atoms with Gasteiger partial charge in [0.1, 0.15) is 0 Å². The van der Waals surface area contributed by atoms with E-state index in [2.05, 4.69) is 37.4 Å². The van der Waals surface area contributed by atoms with E-state index in [0.29, 0.717) is 5.92 Å². The summed E-state index contributed by atoms with van der Waals surface area (Å²) in [6.45, 7) is 4.60. The van der Waals surface area contributed by atoms with Crippen LogP contribution in [0.2, 0.25) is 0 Å². The lowest BCUT2D eigenvalue weighted by Gasteiger charge is -2.36. The van der Waals surface area contributed by atoms with Crippen LogP contribution in [0.5, 0.6) is 0 Å². The average molecular weight is 313 g/mol. The number of carbonyl (C=O) groups excluding carboxylic acids is 1. The lowest BCUT2D eigenvalue weighted by molar-refractivity contribution is -0.119. The quantitative estimate of drug-likeness (QED) is 0.842. The summed E-state index contributed by atoms with van der Waals surface area (Å²) in [4.78, 5) is 12.7. The zero-order valence-corrected chi connectivity index (χ0v) is 14.1. The molecule has 0 spiro atoms. The first-order chi connectivity index (χ1) is 11.0. The highest BCUT2D eigenvalue weighted by atomic mass is 16.3. The summed E-state index contributed by atoms with van der Waals surface area (Å²) in [6.07, 6.45) is 6.52. The van der Waals surface area contributed by atoms with Gasteiger partial charge >= 0.3 is 0 Å². The number of hydrogen-bond donors (Lipinski definition) is 2. The van der Waals surface area contributed by atoms with Crippen molar-refractivity contribution in [1.82, 2.24) is 5.32 Å². The maximum atomic E-state index is 12.7. The van der Waals surface area contributed by atoms with E-state index in [-0.39, 0.29) is 23.8 Å². The second-order valence-electron chi connectivity index (χ2n) is 7.70. The van der Waals surface area contributed by atoms with E-state index in [0.717, 1.165) is 43.4 Å². The minimum Gasteiger partial charge on any atom is -0.396 e. The largest absolute Gasteiger partial charge is 0.396 e. The number of aliphatic hydroxyl groups is 1. The van der Waals surface area contributed by atoms with Crippen molar-refractivity contribution in [3.63, 3.8) is 0 Å². The minimum absolute atomic E-state index is 0.0327. The molecule has 1 saturated carbocycles. The molecular weight excluding hydrogens is 286 g/mol. The van der Waals surface area contributed by atoms with Crippen LogP contribution in [0, 0.1) is 11.8 Å². The SMILES string of the molecule is CC1(C)Cc2ccccc2/C(=C/C(=O)C2CCC(CO)CC2)N1. The van der Waals surface area contributed by atoms with Crippen molar-refractivity contribution in [3.8, 4) is 0 Å². The van der Waals surface area contributed by atoms with Crippen LogP contribution in [0.25, 0.3) is 5.70 Å². The first kappa shape index (κ1) is 16.3. The van der Waals surface area contributed by atoms with Gasteiger partial charge in [0.25, 0.3) is 0 Å². The van der Waals surface area contributed by atoms with Crippen LogP contribution in [0.4, 0.5) is 0 Å². The summed E-state index contributed by atoms with van der Waals surface area (Å²) in [5.41, 5.74) is 3.39. The van der Waals surface area contributed by atoms with Gasteiger partial charge in [-0.2, -0.15) is 0 Å². The van der Waals surface area contributed by atoms with Crippen LogP contribution >= 0.6 is 0 Å². The number of rotatable bonds is 3. The van der Waals surface area contributed by atoms with E-state index < -0.39 is 0 Å². The number of aliphatic hydroxyl groups excluding tert-OH is 1. The number of fused-ring (bicyclic) bond motifs is 1. The van der Waals surface area contributed by atoms with E-state index in [9.17, 15) is 9.90 Å². The molecule has 0 saturated heterocycles. The second kappa shape index (κ2) is 6.48. The topological polar surface area (TPSA) is 49.3 Å². The highest BCUT2D eigenvalue weighted by Gasteiger charge is 2.29.